The molecule has 2 aromatic rings. The average molecular weight is 398 g/mol. The molecule has 4 rings (SSSR count). The molecule has 0 saturated carbocycles. The number of piperidine rings is 1. The van der Waals surface area contributed by atoms with Gasteiger partial charge in [-0.25, -0.2) is 0 Å². The highest BCUT2D eigenvalue weighted by Gasteiger charge is 2.46. The van der Waals surface area contributed by atoms with E-state index in [-0.39, 0.29) is 0 Å². The number of ether oxygens (including phenoxy) is 3. The molecule has 0 aliphatic carbocycles. The van der Waals surface area contributed by atoms with Crippen molar-refractivity contribution in [3.8, 4) is 11.5 Å². The fourth-order valence-corrected chi connectivity index (χ4v) is 4.47. The van der Waals surface area contributed by atoms with Crippen molar-refractivity contribution in [1.82, 2.24) is 5.06 Å². The number of rotatable bonds is 10. The van der Waals surface area contributed by atoms with Crippen molar-refractivity contribution in [2.75, 3.05) is 20.8 Å². The molecular formula is C24H31NO4. The molecule has 2 aliphatic rings. The fraction of sp³-hybridized carbons (Fsp3) is 0.500. The molecule has 2 aliphatic heterocycles. The van der Waals surface area contributed by atoms with Gasteiger partial charge in [-0.2, -0.15) is 5.06 Å². The first kappa shape index (κ1) is 20.2. The number of methoxy groups -OCH3 is 2. The first-order chi connectivity index (χ1) is 14.3. The molecule has 0 aromatic heterocycles. The van der Waals surface area contributed by atoms with Gasteiger partial charge >= 0.3 is 0 Å². The Hall–Kier alpha value is -2.08. The van der Waals surface area contributed by atoms with Crippen LogP contribution in [0.25, 0.3) is 0 Å². The maximum absolute atomic E-state index is 6.15. The first-order valence-corrected chi connectivity index (χ1v) is 10.6. The minimum absolute atomic E-state index is 0.299. The lowest BCUT2D eigenvalue weighted by Crippen LogP contribution is -2.32. The van der Waals surface area contributed by atoms with Crippen molar-refractivity contribution in [3.63, 3.8) is 0 Å². The fourth-order valence-electron chi connectivity index (χ4n) is 4.47. The van der Waals surface area contributed by atoms with Crippen LogP contribution in [0.1, 0.15) is 49.3 Å². The molecule has 0 spiro atoms. The molecule has 2 saturated heterocycles. The van der Waals surface area contributed by atoms with Gasteiger partial charge in [0, 0.05) is 12.6 Å². The highest BCUT2D eigenvalue weighted by Crippen LogP contribution is 2.46. The number of nitrogens with zero attached hydrogens (tertiary/aromatic N) is 1. The van der Waals surface area contributed by atoms with E-state index >= 15 is 0 Å². The molecular weight excluding hydrogens is 366 g/mol. The third-order valence-corrected chi connectivity index (χ3v) is 5.94. The molecule has 29 heavy (non-hydrogen) atoms. The van der Waals surface area contributed by atoms with Gasteiger partial charge in [-0.3, -0.25) is 4.84 Å². The molecule has 2 heterocycles. The maximum atomic E-state index is 6.15. The van der Waals surface area contributed by atoms with Crippen LogP contribution >= 0.6 is 0 Å². The zero-order valence-electron chi connectivity index (χ0n) is 17.4. The van der Waals surface area contributed by atoms with Crippen LogP contribution in [0.5, 0.6) is 11.5 Å². The minimum atomic E-state index is 0.299. The van der Waals surface area contributed by atoms with E-state index in [1.54, 1.807) is 14.2 Å². The smallest absolute Gasteiger partial charge is 0.161 e. The van der Waals surface area contributed by atoms with Gasteiger partial charge in [-0.1, -0.05) is 36.4 Å². The molecule has 5 heteroatoms. The Bertz CT molecular complexity index is 782. The van der Waals surface area contributed by atoms with Crippen molar-refractivity contribution in [1.29, 1.82) is 0 Å². The summed E-state index contributed by atoms with van der Waals surface area (Å²) in [5, 5.41) is 2.23. The van der Waals surface area contributed by atoms with Gasteiger partial charge in [-0.05, 0) is 55.4 Å². The zero-order chi connectivity index (χ0) is 20.1. The second-order valence-electron chi connectivity index (χ2n) is 7.88. The second kappa shape index (κ2) is 9.61. The predicted octanol–water partition coefficient (Wildman–Crippen LogP) is 4.91. The summed E-state index contributed by atoms with van der Waals surface area (Å²) in [6.07, 6.45) is 5.91. The summed E-state index contributed by atoms with van der Waals surface area (Å²) in [6.45, 7) is 1.51. The van der Waals surface area contributed by atoms with E-state index in [0.29, 0.717) is 24.8 Å². The molecule has 2 fully saturated rings. The van der Waals surface area contributed by atoms with E-state index in [2.05, 4.69) is 41.5 Å². The summed E-state index contributed by atoms with van der Waals surface area (Å²) in [4.78, 5) is 6.15. The topological polar surface area (TPSA) is 40.2 Å². The molecule has 0 amide bonds. The molecule has 1 unspecified atom stereocenters. The summed E-state index contributed by atoms with van der Waals surface area (Å²) in [5.74, 6) is 1.54. The molecule has 5 nitrogen and oxygen atoms in total. The normalized spacial score (nSPS) is 25.3. The Morgan fingerprint density at radius 2 is 1.79 bits per heavy atom. The van der Waals surface area contributed by atoms with Crippen LogP contribution in [-0.4, -0.2) is 38.0 Å². The van der Waals surface area contributed by atoms with Gasteiger partial charge in [0.2, 0.25) is 0 Å². The Morgan fingerprint density at radius 1 is 0.966 bits per heavy atom. The SMILES string of the molecule is COc1ccc([C@@H]2C[C@H]3C[C@H](CCCCOCc4ccccc4)N2O3)cc1OC. The van der Waals surface area contributed by atoms with Crippen LogP contribution in [0.15, 0.2) is 48.5 Å². The van der Waals surface area contributed by atoms with Crippen LogP contribution in [0.3, 0.4) is 0 Å². The summed E-state index contributed by atoms with van der Waals surface area (Å²) >= 11 is 0. The van der Waals surface area contributed by atoms with Crippen molar-refractivity contribution in [2.45, 2.75) is 56.9 Å². The standard InChI is InChI=1S/C24H31NO4/c1-26-23-12-11-19(14-24(23)27-2)22-16-21-15-20(25(22)29-21)10-6-7-13-28-17-18-8-4-3-5-9-18/h3-5,8-9,11-12,14,20-22H,6-7,10,13,15-17H2,1-2H3/t20-,21+,22-/m0/s1. The van der Waals surface area contributed by atoms with E-state index in [9.17, 15) is 0 Å². The minimum Gasteiger partial charge on any atom is -0.493 e. The van der Waals surface area contributed by atoms with E-state index in [0.717, 1.165) is 50.2 Å². The van der Waals surface area contributed by atoms with Crippen LogP contribution in [0.2, 0.25) is 0 Å². The van der Waals surface area contributed by atoms with E-state index in [1.807, 2.05) is 12.1 Å². The van der Waals surface area contributed by atoms with Crippen molar-refractivity contribution in [2.24, 2.45) is 0 Å². The lowest BCUT2D eigenvalue weighted by molar-refractivity contribution is -0.136. The Balaban J connectivity index is 1.24. The Morgan fingerprint density at radius 3 is 2.55 bits per heavy atom. The van der Waals surface area contributed by atoms with Crippen LogP contribution in [-0.2, 0) is 16.2 Å². The summed E-state index contributed by atoms with van der Waals surface area (Å²) in [7, 11) is 3.35. The van der Waals surface area contributed by atoms with Crippen LogP contribution < -0.4 is 9.47 Å². The van der Waals surface area contributed by atoms with Gasteiger partial charge in [0.05, 0.1) is 33.0 Å². The molecule has 2 bridgehead atoms. The van der Waals surface area contributed by atoms with Crippen LogP contribution in [0.4, 0.5) is 0 Å². The molecule has 0 N–H and O–H groups in total. The van der Waals surface area contributed by atoms with Gasteiger partial charge in [-0.15, -0.1) is 0 Å². The number of unbranched alkanes of at least 4 members (excludes halogenated alkanes) is 1. The Kier molecular flexibility index (Phi) is 6.70. The van der Waals surface area contributed by atoms with E-state index < -0.39 is 0 Å². The number of hydrogen-bond acceptors (Lipinski definition) is 5. The average Bonchev–Trinajstić information content (AvgIpc) is 3.37. The summed E-state index contributed by atoms with van der Waals surface area (Å²) in [6, 6.07) is 17.3. The summed E-state index contributed by atoms with van der Waals surface area (Å²) in [5.41, 5.74) is 2.47. The van der Waals surface area contributed by atoms with Gasteiger partial charge in [0.1, 0.15) is 0 Å². The highest BCUT2D eigenvalue weighted by atomic mass is 16.7. The third-order valence-electron chi connectivity index (χ3n) is 5.94. The Labute approximate surface area is 173 Å². The van der Waals surface area contributed by atoms with Gasteiger partial charge in [0.15, 0.2) is 11.5 Å². The molecule has 156 valence electrons. The number of benzene rings is 2. The maximum Gasteiger partial charge on any atom is 0.161 e. The van der Waals surface area contributed by atoms with Gasteiger partial charge in [0.25, 0.3) is 0 Å². The number of hydrogen-bond donors (Lipinski definition) is 0. The zero-order valence-corrected chi connectivity index (χ0v) is 17.4. The monoisotopic (exact) mass is 397 g/mol. The lowest BCUT2D eigenvalue weighted by Gasteiger charge is -2.30. The van der Waals surface area contributed by atoms with Crippen LogP contribution in [0, 0.1) is 0 Å². The third kappa shape index (κ3) is 4.74. The molecule has 0 radical (unpaired) electrons. The quantitative estimate of drug-likeness (QED) is 0.533. The largest absolute Gasteiger partial charge is 0.493 e. The summed E-state index contributed by atoms with van der Waals surface area (Å²) < 4.78 is 16.7. The van der Waals surface area contributed by atoms with Crippen molar-refractivity contribution >= 4 is 0 Å². The number of hydroxylamine groups is 2. The van der Waals surface area contributed by atoms with E-state index in [4.69, 9.17) is 19.0 Å². The predicted molar refractivity (Wildman–Crippen MR) is 112 cm³/mol. The second-order valence-corrected chi connectivity index (χ2v) is 7.88. The highest BCUT2D eigenvalue weighted by molar-refractivity contribution is 5.44. The van der Waals surface area contributed by atoms with Crippen molar-refractivity contribution < 1.29 is 19.0 Å². The lowest BCUT2D eigenvalue weighted by atomic mass is 9.91. The first-order valence-electron chi connectivity index (χ1n) is 10.6. The van der Waals surface area contributed by atoms with Gasteiger partial charge < -0.3 is 14.2 Å². The van der Waals surface area contributed by atoms with Crippen molar-refractivity contribution in [3.05, 3.63) is 59.7 Å². The number of fused-ring (bicyclic) bond motifs is 2. The molecule has 4 atom stereocenters. The molecule has 2 aromatic carbocycles. The van der Waals surface area contributed by atoms with E-state index in [1.165, 1.54) is 11.1 Å².